The summed E-state index contributed by atoms with van der Waals surface area (Å²) in [6, 6.07) is 7.78. The Morgan fingerprint density at radius 2 is 2.25 bits per heavy atom. The van der Waals surface area contributed by atoms with E-state index in [-0.39, 0.29) is 0 Å². The zero-order valence-corrected chi connectivity index (χ0v) is 8.67. The average Bonchev–Trinajstić information content (AvgIpc) is 2.17. The van der Waals surface area contributed by atoms with Crippen LogP contribution in [0.5, 0.6) is 5.75 Å². The molecule has 0 saturated carbocycles. The molecule has 0 amide bonds. The lowest BCUT2D eigenvalue weighted by molar-refractivity contribution is 0.415. The van der Waals surface area contributed by atoms with Crippen molar-refractivity contribution in [3.05, 3.63) is 29.8 Å². The van der Waals surface area contributed by atoms with Crippen LogP contribution in [0.2, 0.25) is 0 Å². The number of ether oxygens (including phenoxy) is 1. The fourth-order valence-corrected chi connectivity index (χ4v) is 1.36. The van der Waals surface area contributed by atoms with Crippen molar-refractivity contribution in [1.29, 1.82) is 0 Å². The molecule has 64 valence electrons. The van der Waals surface area contributed by atoms with Crippen molar-refractivity contribution >= 4 is 28.2 Å². The van der Waals surface area contributed by atoms with E-state index in [1.54, 1.807) is 18.9 Å². The molecule has 0 radical (unpaired) electrons. The van der Waals surface area contributed by atoms with Crippen LogP contribution in [0.1, 0.15) is 5.56 Å². The standard InChI is InChI=1S/C9H10OS2/c1-10-8-5-3-4-7(6-8)9(11)12-2/h3-6H,1-2H3. The van der Waals surface area contributed by atoms with Gasteiger partial charge in [0.2, 0.25) is 0 Å². The molecular weight excluding hydrogens is 188 g/mol. The highest BCUT2D eigenvalue weighted by atomic mass is 32.2. The molecule has 0 heterocycles. The number of thioether (sulfide) groups is 1. The van der Waals surface area contributed by atoms with Crippen molar-refractivity contribution in [2.24, 2.45) is 0 Å². The average molecular weight is 198 g/mol. The second-order valence-electron chi connectivity index (χ2n) is 2.22. The molecule has 0 aliphatic heterocycles. The molecule has 1 aromatic carbocycles. The summed E-state index contributed by atoms with van der Waals surface area (Å²) in [4.78, 5) is 0. The molecule has 3 heteroatoms. The van der Waals surface area contributed by atoms with Gasteiger partial charge in [0, 0.05) is 5.56 Å². The van der Waals surface area contributed by atoms with Crippen LogP contribution < -0.4 is 4.74 Å². The van der Waals surface area contributed by atoms with E-state index >= 15 is 0 Å². The molecule has 1 aromatic rings. The minimum absolute atomic E-state index is 0.851. The molecule has 12 heavy (non-hydrogen) atoms. The van der Waals surface area contributed by atoms with Gasteiger partial charge in [0.15, 0.2) is 0 Å². The Hall–Kier alpha value is -0.540. The minimum Gasteiger partial charge on any atom is -0.497 e. The lowest BCUT2D eigenvalue weighted by atomic mass is 10.2. The molecule has 0 aliphatic rings. The van der Waals surface area contributed by atoms with Crippen molar-refractivity contribution in [2.45, 2.75) is 0 Å². The Labute approximate surface area is 82.1 Å². The van der Waals surface area contributed by atoms with E-state index in [2.05, 4.69) is 0 Å². The number of methoxy groups -OCH3 is 1. The Morgan fingerprint density at radius 1 is 1.50 bits per heavy atom. The largest absolute Gasteiger partial charge is 0.497 e. The molecule has 1 nitrogen and oxygen atoms in total. The van der Waals surface area contributed by atoms with Gasteiger partial charge in [-0.05, 0) is 18.4 Å². The summed E-state index contributed by atoms with van der Waals surface area (Å²) >= 11 is 6.71. The third-order valence-electron chi connectivity index (χ3n) is 1.49. The van der Waals surface area contributed by atoms with Gasteiger partial charge in [-0.25, -0.2) is 0 Å². The summed E-state index contributed by atoms with van der Waals surface area (Å²) in [5, 5.41) is 0. The maximum atomic E-state index is 5.14. The van der Waals surface area contributed by atoms with E-state index in [9.17, 15) is 0 Å². The smallest absolute Gasteiger partial charge is 0.119 e. The van der Waals surface area contributed by atoms with E-state index in [1.807, 2.05) is 30.5 Å². The highest BCUT2D eigenvalue weighted by Crippen LogP contribution is 2.17. The highest BCUT2D eigenvalue weighted by molar-refractivity contribution is 8.23. The Kier molecular flexibility index (Phi) is 3.56. The predicted molar refractivity (Wildman–Crippen MR) is 58.2 cm³/mol. The normalized spacial score (nSPS) is 9.50. The monoisotopic (exact) mass is 198 g/mol. The molecule has 1 rings (SSSR count). The fourth-order valence-electron chi connectivity index (χ4n) is 0.868. The van der Waals surface area contributed by atoms with Gasteiger partial charge in [0.05, 0.1) is 11.3 Å². The van der Waals surface area contributed by atoms with Crippen LogP contribution in [0.25, 0.3) is 0 Å². The molecule has 0 unspecified atom stereocenters. The van der Waals surface area contributed by atoms with Crippen LogP contribution >= 0.6 is 24.0 Å². The van der Waals surface area contributed by atoms with Gasteiger partial charge < -0.3 is 4.74 Å². The van der Waals surface area contributed by atoms with Gasteiger partial charge in [-0.1, -0.05) is 24.4 Å². The molecule has 0 N–H and O–H groups in total. The SMILES string of the molecule is COc1cccc(C(=S)SC)c1. The summed E-state index contributed by atoms with van der Waals surface area (Å²) in [6.07, 6.45) is 1.97. The summed E-state index contributed by atoms with van der Waals surface area (Å²) in [5.41, 5.74) is 1.05. The Bertz CT molecular complexity index is 284. The van der Waals surface area contributed by atoms with E-state index < -0.39 is 0 Å². The van der Waals surface area contributed by atoms with Gasteiger partial charge in [-0.3, -0.25) is 0 Å². The lowest BCUT2D eigenvalue weighted by Crippen LogP contribution is -1.91. The number of rotatable bonds is 2. The number of thiocarbonyl (C=S) groups is 1. The van der Waals surface area contributed by atoms with Crippen molar-refractivity contribution < 1.29 is 4.74 Å². The summed E-state index contributed by atoms with van der Waals surface area (Å²) in [5.74, 6) is 0.851. The minimum atomic E-state index is 0.851. The molecule has 0 bridgehead atoms. The van der Waals surface area contributed by atoms with Gasteiger partial charge in [-0.15, -0.1) is 11.8 Å². The molecule has 0 fully saturated rings. The maximum Gasteiger partial charge on any atom is 0.119 e. The second-order valence-corrected chi connectivity index (χ2v) is 3.71. The molecule has 0 aromatic heterocycles. The van der Waals surface area contributed by atoms with Crippen molar-refractivity contribution in [3.63, 3.8) is 0 Å². The van der Waals surface area contributed by atoms with E-state index in [0.29, 0.717) is 0 Å². The van der Waals surface area contributed by atoms with Crippen molar-refractivity contribution in [1.82, 2.24) is 0 Å². The zero-order valence-electron chi connectivity index (χ0n) is 7.03. The quantitative estimate of drug-likeness (QED) is 0.676. The van der Waals surface area contributed by atoms with Gasteiger partial charge in [0.1, 0.15) is 5.75 Å². The van der Waals surface area contributed by atoms with Gasteiger partial charge in [0.25, 0.3) is 0 Å². The first-order valence-corrected chi connectivity index (χ1v) is 5.13. The number of hydrogen-bond acceptors (Lipinski definition) is 3. The fraction of sp³-hybridized carbons (Fsp3) is 0.222. The third-order valence-corrected chi connectivity index (χ3v) is 2.83. The highest BCUT2D eigenvalue weighted by Gasteiger charge is 1.99. The van der Waals surface area contributed by atoms with Gasteiger partial charge in [-0.2, -0.15) is 0 Å². The van der Waals surface area contributed by atoms with Crippen molar-refractivity contribution in [3.8, 4) is 5.75 Å². The van der Waals surface area contributed by atoms with E-state index in [0.717, 1.165) is 15.5 Å². The predicted octanol–water partition coefficient (Wildman–Crippen LogP) is 2.73. The van der Waals surface area contributed by atoms with Crippen LogP contribution in [-0.2, 0) is 0 Å². The number of hydrogen-bond donors (Lipinski definition) is 0. The van der Waals surface area contributed by atoms with E-state index in [1.165, 1.54) is 0 Å². The topological polar surface area (TPSA) is 9.23 Å². The first kappa shape index (κ1) is 9.55. The molecule has 0 aliphatic carbocycles. The van der Waals surface area contributed by atoms with Gasteiger partial charge >= 0.3 is 0 Å². The lowest BCUT2D eigenvalue weighted by Gasteiger charge is -2.02. The molecular formula is C9H10OS2. The summed E-state index contributed by atoms with van der Waals surface area (Å²) < 4.78 is 5.98. The molecule has 0 saturated heterocycles. The van der Waals surface area contributed by atoms with Crippen LogP contribution in [0, 0.1) is 0 Å². The third kappa shape index (κ3) is 2.22. The van der Waals surface area contributed by atoms with Crippen LogP contribution in [-0.4, -0.2) is 17.6 Å². The van der Waals surface area contributed by atoms with Crippen LogP contribution in [0.15, 0.2) is 24.3 Å². The summed E-state index contributed by atoms with van der Waals surface area (Å²) in [7, 11) is 1.65. The van der Waals surface area contributed by atoms with Crippen LogP contribution in [0.3, 0.4) is 0 Å². The zero-order chi connectivity index (χ0) is 8.97. The van der Waals surface area contributed by atoms with E-state index in [4.69, 9.17) is 17.0 Å². The summed E-state index contributed by atoms with van der Waals surface area (Å²) in [6.45, 7) is 0. The Morgan fingerprint density at radius 3 is 2.83 bits per heavy atom. The second kappa shape index (κ2) is 4.48. The Balaban J connectivity index is 2.93. The van der Waals surface area contributed by atoms with Crippen molar-refractivity contribution in [2.75, 3.05) is 13.4 Å². The number of benzene rings is 1. The first-order chi connectivity index (χ1) is 5.77. The maximum absolute atomic E-state index is 5.14. The van der Waals surface area contributed by atoms with Crippen LogP contribution in [0.4, 0.5) is 0 Å². The first-order valence-electron chi connectivity index (χ1n) is 3.50. The molecule has 0 atom stereocenters. The molecule has 0 spiro atoms.